The molecule has 0 aliphatic rings. The van der Waals surface area contributed by atoms with Gasteiger partial charge in [-0.3, -0.25) is 0 Å². The van der Waals surface area contributed by atoms with E-state index >= 15 is 0 Å². The molecule has 0 saturated carbocycles. The zero-order valence-electron chi connectivity index (χ0n) is 16.3. The van der Waals surface area contributed by atoms with Crippen molar-refractivity contribution >= 4 is 39.1 Å². The highest BCUT2D eigenvalue weighted by atomic mass is 35.5. The van der Waals surface area contributed by atoms with Crippen molar-refractivity contribution in [2.45, 2.75) is 38.6 Å². The molecule has 0 unspecified atom stereocenters. The van der Waals surface area contributed by atoms with Gasteiger partial charge < -0.3 is 15.1 Å². The number of urea groups is 1. The maximum atomic E-state index is 12.6. The van der Waals surface area contributed by atoms with Crippen LogP contribution < -0.4 is 5.32 Å². The Kier molecular flexibility index (Phi) is 9.87. The summed E-state index contributed by atoms with van der Waals surface area (Å²) in [5.74, 6) is -0.203. The van der Waals surface area contributed by atoms with Crippen molar-refractivity contribution in [3.63, 3.8) is 0 Å². The maximum absolute atomic E-state index is 12.6. The molecular formula is C18H29Cl2N3O3S. The Labute approximate surface area is 172 Å². The number of nitrogens with zero attached hydrogens (tertiary/aromatic N) is 2. The van der Waals surface area contributed by atoms with Gasteiger partial charge in [-0.2, -0.15) is 0 Å². The topological polar surface area (TPSA) is 69.7 Å². The van der Waals surface area contributed by atoms with Crippen LogP contribution in [0.3, 0.4) is 0 Å². The Morgan fingerprint density at radius 3 is 2.11 bits per heavy atom. The SMILES string of the molecule is CCN(CC)CCNC(=O)N(CCS(=O)(=O)c1cc(Cl)cc(Cl)c1)C(C)C. The van der Waals surface area contributed by atoms with Gasteiger partial charge in [0.1, 0.15) is 0 Å². The molecule has 154 valence electrons. The number of benzene rings is 1. The number of hydrogen-bond acceptors (Lipinski definition) is 4. The molecule has 1 rings (SSSR count). The third-order valence-corrected chi connectivity index (χ3v) is 6.39. The monoisotopic (exact) mass is 437 g/mol. The summed E-state index contributed by atoms with van der Waals surface area (Å²) >= 11 is 11.8. The van der Waals surface area contributed by atoms with Crippen LogP contribution in [-0.4, -0.2) is 68.8 Å². The summed E-state index contributed by atoms with van der Waals surface area (Å²) in [5, 5.41) is 3.39. The van der Waals surface area contributed by atoms with Crippen LogP contribution in [-0.2, 0) is 9.84 Å². The molecule has 1 N–H and O–H groups in total. The van der Waals surface area contributed by atoms with Gasteiger partial charge in [-0.15, -0.1) is 0 Å². The fraction of sp³-hybridized carbons (Fsp3) is 0.611. The third kappa shape index (κ3) is 7.86. The first-order valence-corrected chi connectivity index (χ1v) is 11.5. The average molecular weight is 438 g/mol. The summed E-state index contributed by atoms with van der Waals surface area (Å²) in [7, 11) is -3.61. The predicted octanol–water partition coefficient (Wildman–Crippen LogP) is 3.53. The van der Waals surface area contributed by atoms with Crippen LogP contribution >= 0.6 is 23.2 Å². The van der Waals surface area contributed by atoms with Crippen molar-refractivity contribution in [1.82, 2.24) is 15.1 Å². The Balaban J connectivity index is 2.72. The molecule has 2 amide bonds. The lowest BCUT2D eigenvalue weighted by atomic mass is 10.3. The van der Waals surface area contributed by atoms with E-state index in [2.05, 4.69) is 24.1 Å². The lowest BCUT2D eigenvalue weighted by Crippen LogP contribution is -2.47. The van der Waals surface area contributed by atoms with Crippen molar-refractivity contribution < 1.29 is 13.2 Å². The number of nitrogens with one attached hydrogen (secondary N) is 1. The highest BCUT2D eigenvalue weighted by Gasteiger charge is 2.22. The Hall–Kier alpha value is -1.02. The molecule has 0 spiro atoms. The fourth-order valence-electron chi connectivity index (χ4n) is 2.60. The molecule has 0 aliphatic heterocycles. The van der Waals surface area contributed by atoms with Crippen molar-refractivity contribution in [3.8, 4) is 0 Å². The summed E-state index contributed by atoms with van der Waals surface area (Å²) in [6.07, 6.45) is 0. The quantitative estimate of drug-likeness (QED) is 0.607. The summed E-state index contributed by atoms with van der Waals surface area (Å²) < 4.78 is 25.2. The minimum atomic E-state index is -3.61. The Morgan fingerprint density at radius 1 is 1.07 bits per heavy atom. The van der Waals surface area contributed by atoms with E-state index in [0.717, 1.165) is 19.6 Å². The van der Waals surface area contributed by atoms with Crippen molar-refractivity contribution in [3.05, 3.63) is 28.2 Å². The first kappa shape index (κ1) is 24.0. The van der Waals surface area contributed by atoms with Crippen LogP contribution in [0, 0.1) is 0 Å². The van der Waals surface area contributed by atoms with Crippen LogP contribution in [0.15, 0.2) is 23.1 Å². The Morgan fingerprint density at radius 2 is 1.63 bits per heavy atom. The molecule has 0 heterocycles. The molecule has 0 fully saturated rings. The highest BCUT2D eigenvalue weighted by Crippen LogP contribution is 2.23. The molecule has 9 heteroatoms. The second kappa shape index (κ2) is 11.1. The number of carbonyl (C=O) groups excluding carboxylic acids is 1. The molecule has 0 radical (unpaired) electrons. The van der Waals surface area contributed by atoms with E-state index in [9.17, 15) is 13.2 Å². The van der Waals surface area contributed by atoms with E-state index in [-0.39, 0.29) is 39.3 Å². The van der Waals surface area contributed by atoms with E-state index in [0.29, 0.717) is 6.54 Å². The summed E-state index contributed by atoms with van der Waals surface area (Å²) in [5.41, 5.74) is 0. The van der Waals surface area contributed by atoms with E-state index in [4.69, 9.17) is 23.2 Å². The second-order valence-corrected chi connectivity index (χ2v) is 9.45. The number of carbonyl (C=O) groups is 1. The van der Waals surface area contributed by atoms with Gasteiger partial charge >= 0.3 is 6.03 Å². The third-order valence-electron chi connectivity index (χ3n) is 4.28. The van der Waals surface area contributed by atoms with E-state index in [1.54, 1.807) is 0 Å². The number of sulfone groups is 1. The van der Waals surface area contributed by atoms with Gasteiger partial charge in [-0.1, -0.05) is 37.0 Å². The zero-order chi connectivity index (χ0) is 20.6. The van der Waals surface area contributed by atoms with Gasteiger partial charge in [0.2, 0.25) is 0 Å². The predicted molar refractivity (Wildman–Crippen MR) is 112 cm³/mol. The van der Waals surface area contributed by atoms with E-state index in [1.807, 2.05) is 13.8 Å². The largest absolute Gasteiger partial charge is 0.337 e. The van der Waals surface area contributed by atoms with Crippen molar-refractivity contribution in [2.75, 3.05) is 38.5 Å². The van der Waals surface area contributed by atoms with Gasteiger partial charge in [0, 0.05) is 35.7 Å². The van der Waals surface area contributed by atoms with Crippen LogP contribution in [0.1, 0.15) is 27.7 Å². The minimum absolute atomic E-state index is 0.0608. The zero-order valence-corrected chi connectivity index (χ0v) is 18.7. The van der Waals surface area contributed by atoms with Crippen LogP contribution in [0.4, 0.5) is 4.79 Å². The first-order valence-electron chi connectivity index (χ1n) is 9.06. The fourth-order valence-corrected chi connectivity index (χ4v) is 4.54. The summed E-state index contributed by atoms with van der Waals surface area (Å²) in [4.78, 5) is 16.2. The van der Waals surface area contributed by atoms with Crippen molar-refractivity contribution in [1.29, 1.82) is 0 Å². The van der Waals surface area contributed by atoms with Gasteiger partial charge in [-0.05, 0) is 45.1 Å². The summed E-state index contributed by atoms with van der Waals surface area (Å²) in [6, 6.07) is 3.82. The molecule has 0 atom stereocenters. The standard InChI is InChI=1S/C18H29Cl2N3O3S/c1-5-22(6-2)8-7-21-18(24)23(14(3)4)9-10-27(25,26)17-12-15(19)11-16(20)13-17/h11-14H,5-10H2,1-4H3,(H,21,24). The van der Waals surface area contributed by atoms with Gasteiger partial charge in [-0.25, -0.2) is 13.2 Å². The highest BCUT2D eigenvalue weighted by molar-refractivity contribution is 7.91. The van der Waals surface area contributed by atoms with E-state index in [1.165, 1.54) is 23.1 Å². The van der Waals surface area contributed by atoms with Crippen LogP contribution in [0.2, 0.25) is 10.0 Å². The number of hydrogen-bond donors (Lipinski definition) is 1. The van der Waals surface area contributed by atoms with Gasteiger partial charge in [0.15, 0.2) is 9.84 Å². The first-order chi connectivity index (χ1) is 12.6. The molecule has 0 aliphatic carbocycles. The molecule has 1 aromatic rings. The average Bonchev–Trinajstić information content (AvgIpc) is 2.57. The van der Waals surface area contributed by atoms with Gasteiger partial charge in [0.25, 0.3) is 0 Å². The molecule has 0 bridgehead atoms. The number of likely N-dealkylation sites (N-methyl/N-ethyl adjacent to an activating group) is 1. The lowest BCUT2D eigenvalue weighted by Gasteiger charge is -2.27. The molecule has 6 nitrogen and oxygen atoms in total. The number of rotatable bonds is 10. The Bertz CT molecular complexity index is 702. The molecule has 0 aromatic heterocycles. The maximum Gasteiger partial charge on any atom is 0.317 e. The minimum Gasteiger partial charge on any atom is -0.337 e. The normalized spacial score (nSPS) is 11.9. The second-order valence-electron chi connectivity index (χ2n) is 6.47. The smallest absolute Gasteiger partial charge is 0.317 e. The summed E-state index contributed by atoms with van der Waals surface area (Å²) in [6.45, 7) is 11.0. The van der Waals surface area contributed by atoms with Crippen LogP contribution in [0.5, 0.6) is 0 Å². The van der Waals surface area contributed by atoms with Crippen LogP contribution in [0.25, 0.3) is 0 Å². The van der Waals surface area contributed by atoms with Crippen molar-refractivity contribution in [2.24, 2.45) is 0 Å². The lowest BCUT2D eigenvalue weighted by molar-refractivity contribution is 0.185. The molecular weight excluding hydrogens is 409 g/mol. The number of amides is 2. The molecule has 0 saturated heterocycles. The molecule has 27 heavy (non-hydrogen) atoms. The van der Waals surface area contributed by atoms with Gasteiger partial charge in [0.05, 0.1) is 10.6 Å². The van der Waals surface area contributed by atoms with E-state index < -0.39 is 9.84 Å². The molecule has 1 aromatic carbocycles. The number of halogens is 2.